The van der Waals surface area contributed by atoms with E-state index in [4.69, 9.17) is 13.9 Å². The molecule has 2 aromatic heterocycles. The van der Waals surface area contributed by atoms with Gasteiger partial charge < -0.3 is 28.7 Å². The minimum atomic E-state index is -0.481. The highest BCUT2D eigenvalue weighted by molar-refractivity contribution is 5.98. The van der Waals surface area contributed by atoms with Crippen molar-refractivity contribution >= 4 is 11.8 Å². The number of carbonyl (C=O) groups excluding carboxylic acids is 2. The number of carbonyl (C=O) groups is 2. The number of aromatic nitrogens is 1. The number of amides is 2. The Kier molecular flexibility index (Phi) is 5.98. The van der Waals surface area contributed by atoms with Crippen molar-refractivity contribution in [1.82, 2.24) is 14.8 Å². The van der Waals surface area contributed by atoms with Crippen LogP contribution >= 0.6 is 0 Å². The molecule has 0 bridgehead atoms. The quantitative estimate of drug-likeness (QED) is 0.657. The Bertz CT molecular complexity index is 1180. The van der Waals surface area contributed by atoms with Gasteiger partial charge in [0, 0.05) is 32.2 Å². The molecule has 0 saturated carbocycles. The molecule has 1 fully saturated rings. The summed E-state index contributed by atoms with van der Waals surface area (Å²) in [4.78, 5) is 44.2. The number of furan rings is 1. The van der Waals surface area contributed by atoms with E-state index in [-0.39, 0.29) is 17.4 Å². The molecule has 1 aromatic carbocycles. The average Bonchev–Trinajstić information content (AvgIpc) is 3.38. The third-order valence-corrected chi connectivity index (χ3v) is 5.42. The van der Waals surface area contributed by atoms with Crippen molar-refractivity contribution in [2.75, 3.05) is 40.4 Å². The number of aromatic amines is 1. The first-order valence-corrected chi connectivity index (χ1v) is 10.1. The molecule has 1 N–H and O–H groups in total. The molecule has 0 spiro atoms. The van der Waals surface area contributed by atoms with Gasteiger partial charge in [0.2, 0.25) is 0 Å². The summed E-state index contributed by atoms with van der Waals surface area (Å²) in [5.74, 6) is 0.985. The van der Waals surface area contributed by atoms with Crippen molar-refractivity contribution in [2.24, 2.45) is 0 Å². The maximum Gasteiger partial charge on any atom is 0.261 e. The monoisotopic (exact) mass is 437 g/mol. The first kappa shape index (κ1) is 21.2. The lowest BCUT2D eigenvalue weighted by Crippen LogP contribution is -2.51. The summed E-state index contributed by atoms with van der Waals surface area (Å²) in [5.41, 5.74) is 0.501. The fourth-order valence-corrected chi connectivity index (χ4v) is 3.65. The molecule has 2 amide bonds. The Hall–Kier alpha value is -4.01. The Morgan fingerprint density at radius 3 is 2.12 bits per heavy atom. The lowest BCUT2D eigenvalue weighted by atomic mass is 10.1. The van der Waals surface area contributed by atoms with Gasteiger partial charge in [0.15, 0.2) is 0 Å². The van der Waals surface area contributed by atoms with Gasteiger partial charge in [-0.15, -0.1) is 0 Å². The summed E-state index contributed by atoms with van der Waals surface area (Å²) >= 11 is 0. The summed E-state index contributed by atoms with van der Waals surface area (Å²) in [6.45, 7) is 1.34. The number of rotatable bonds is 5. The second-order valence-corrected chi connectivity index (χ2v) is 7.24. The summed E-state index contributed by atoms with van der Waals surface area (Å²) in [6.07, 6.45) is 1.51. The number of nitrogens with one attached hydrogen (secondary N) is 1. The number of pyridine rings is 1. The van der Waals surface area contributed by atoms with E-state index < -0.39 is 5.56 Å². The van der Waals surface area contributed by atoms with Crippen LogP contribution in [0.1, 0.15) is 20.7 Å². The van der Waals surface area contributed by atoms with Crippen molar-refractivity contribution in [3.8, 4) is 23.0 Å². The number of ether oxygens (including phenoxy) is 2. The van der Waals surface area contributed by atoms with Crippen molar-refractivity contribution in [3.63, 3.8) is 0 Å². The fourth-order valence-electron chi connectivity index (χ4n) is 3.65. The molecule has 4 rings (SSSR count). The summed E-state index contributed by atoms with van der Waals surface area (Å²) in [6, 6.07) is 11.6. The molecule has 166 valence electrons. The average molecular weight is 437 g/mol. The highest BCUT2D eigenvalue weighted by Gasteiger charge is 2.28. The number of hydrogen-bond acceptors (Lipinski definition) is 6. The topological polar surface area (TPSA) is 105 Å². The molecule has 0 unspecified atom stereocenters. The van der Waals surface area contributed by atoms with Crippen LogP contribution in [0.4, 0.5) is 0 Å². The van der Waals surface area contributed by atoms with E-state index in [1.165, 1.54) is 19.4 Å². The van der Waals surface area contributed by atoms with Crippen molar-refractivity contribution in [3.05, 3.63) is 70.2 Å². The van der Waals surface area contributed by atoms with Gasteiger partial charge in [0.05, 0.1) is 31.7 Å². The molecule has 9 heteroatoms. The maximum atomic E-state index is 13.0. The maximum absolute atomic E-state index is 13.0. The second kappa shape index (κ2) is 9.01. The largest absolute Gasteiger partial charge is 0.497 e. The molecule has 3 heterocycles. The molecule has 32 heavy (non-hydrogen) atoms. The number of piperazine rings is 1. The summed E-state index contributed by atoms with van der Waals surface area (Å²) in [7, 11) is 3.04. The normalized spacial score (nSPS) is 13.7. The fraction of sp³-hybridized carbons (Fsp3) is 0.261. The third-order valence-electron chi connectivity index (χ3n) is 5.42. The van der Waals surface area contributed by atoms with E-state index in [2.05, 4.69) is 4.98 Å². The molecule has 3 aromatic rings. The van der Waals surface area contributed by atoms with E-state index >= 15 is 0 Å². The van der Waals surface area contributed by atoms with E-state index in [0.29, 0.717) is 54.7 Å². The highest BCUT2D eigenvalue weighted by Crippen LogP contribution is 2.26. The molecule has 1 aliphatic heterocycles. The minimum Gasteiger partial charge on any atom is -0.497 e. The highest BCUT2D eigenvalue weighted by atomic mass is 16.5. The number of benzene rings is 1. The molecule has 1 saturated heterocycles. The predicted molar refractivity (Wildman–Crippen MR) is 116 cm³/mol. The molecule has 1 aliphatic rings. The van der Waals surface area contributed by atoms with Crippen LogP contribution in [0.2, 0.25) is 0 Å². The predicted octanol–water partition coefficient (Wildman–Crippen LogP) is 2.25. The van der Waals surface area contributed by atoms with Gasteiger partial charge in [-0.1, -0.05) is 0 Å². The van der Waals surface area contributed by atoms with Crippen molar-refractivity contribution < 1.29 is 23.5 Å². The lowest BCUT2D eigenvalue weighted by Gasteiger charge is -2.35. The zero-order valence-corrected chi connectivity index (χ0v) is 17.8. The zero-order valence-electron chi connectivity index (χ0n) is 17.8. The van der Waals surface area contributed by atoms with E-state index in [9.17, 15) is 14.4 Å². The van der Waals surface area contributed by atoms with Gasteiger partial charge in [-0.3, -0.25) is 14.4 Å². The number of methoxy groups -OCH3 is 2. The second-order valence-electron chi connectivity index (χ2n) is 7.24. The van der Waals surface area contributed by atoms with Crippen LogP contribution < -0.4 is 15.0 Å². The van der Waals surface area contributed by atoms with Crippen LogP contribution in [0.3, 0.4) is 0 Å². The van der Waals surface area contributed by atoms with Gasteiger partial charge in [-0.2, -0.15) is 0 Å². The smallest absolute Gasteiger partial charge is 0.261 e. The number of H-pyrrole nitrogens is 1. The first-order chi connectivity index (χ1) is 15.5. The van der Waals surface area contributed by atoms with Crippen molar-refractivity contribution in [2.45, 2.75) is 0 Å². The van der Waals surface area contributed by atoms with E-state index in [1.807, 2.05) is 0 Å². The minimum absolute atomic E-state index is 0.0527. The molecule has 0 aliphatic carbocycles. The Labute approximate surface area is 184 Å². The third kappa shape index (κ3) is 4.09. The van der Waals surface area contributed by atoms with Crippen LogP contribution in [0.5, 0.6) is 11.5 Å². The molecular weight excluding hydrogens is 414 g/mol. The van der Waals surface area contributed by atoms with Crippen LogP contribution in [-0.4, -0.2) is 67.0 Å². The molecule has 0 atom stereocenters. The summed E-state index contributed by atoms with van der Waals surface area (Å²) < 4.78 is 15.8. The Balaban J connectivity index is 1.43. The summed E-state index contributed by atoms with van der Waals surface area (Å²) in [5, 5.41) is 0. The molecule has 9 nitrogen and oxygen atoms in total. The van der Waals surface area contributed by atoms with Gasteiger partial charge >= 0.3 is 0 Å². The Morgan fingerprint density at radius 1 is 0.906 bits per heavy atom. The standard InChI is InChI=1S/C23H23N3O6/c1-30-15-5-6-16(20(14-15)31-2)22(28)25-9-11-26(12-10-25)23(29)17-7-8-18(24-21(17)27)19-4-3-13-32-19/h3-8,13-14H,9-12H2,1-2H3,(H,24,27). The van der Waals surface area contributed by atoms with Gasteiger partial charge in [0.1, 0.15) is 22.8 Å². The van der Waals surface area contributed by atoms with Gasteiger partial charge in [-0.05, 0) is 36.4 Å². The van der Waals surface area contributed by atoms with E-state index in [1.54, 1.807) is 53.3 Å². The van der Waals surface area contributed by atoms with Crippen LogP contribution in [0, 0.1) is 0 Å². The van der Waals surface area contributed by atoms with Crippen LogP contribution in [0.25, 0.3) is 11.5 Å². The van der Waals surface area contributed by atoms with Gasteiger partial charge in [-0.25, -0.2) is 0 Å². The number of nitrogens with zero attached hydrogens (tertiary/aromatic N) is 2. The van der Waals surface area contributed by atoms with Crippen molar-refractivity contribution in [1.29, 1.82) is 0 Å². The Morgan fingerprint density at radius 2 is 1.56 bits per heavy atom. The zero-order chi connectivity index (χ0) is 22.7. The lowest BCUT2D eigenvalue weighted by molar-refractivity contribution is 0.0532. The molecular formula is C23H23N3O6. The van der Waals surface area contributed by atoms with E-state index in [0.717, 1.165) is 0 Å². The molecule has 0 radical (unpaired) electrons. The van der Waals surface area contributed by atoms with Crippen LogP contribution in [-0.2, 0) is 0 Å². The SMILES string of the molecule is COc1ccc(C(=O)N2CCN(C(=O)c3ccc(-c4ccco4)[nH]c3=O)CC2)c(OC)c1. The van der Waals surface area contributed by atoms with Crippen LogP contribution in [0.15, 0.2) is 57.9 Å². The van der Waals surface area contributed by atoms with Gasteiger partial charge in [0.25, 0.3) is 17.4 Å². The first-order valence-electron chi connectivity index (χ1n) is 10.1. The number of hydrogen-bond donors (Lipinski definition) is 1.